The molecule has 0 aromatic rings. The first kappa shape index (κ1) is 15.4. The average molecular weight is 231 g/mol. The van der Waals surface area contributed by atoms with Gasteiger partial charge in [-0.25, -0.2) is 0 Å². The average Bonchev–Trinajstić information content (AvgIpc) is 2.08. The lowest BCUT2D eigenvalue weighted by atomic mass is 9.84. The molecule has 0 atom stereocenters. The van der Waals surface area contributed by atoms with E-state index in [2.05, 4.69) is 19.2 Å². The first-order chi connectivity index (χ1) is 7.12. The maximum Gasteiger partial charge on any atom is 0.303 e. The van der Waals surface area contributed by atoms with Crippen molar-refractivity contribution in [2.75, 3.05) is 13.1 Å². The van der Waals surface area contributed by atoms with Crippen molar-refractivity contribution >= 4 is 5.97 Å². The monoisotopic (exact) mass is 231 g/mol. The summed E-state index contributed by atoms with van der Waals surface area (Å²) in [5.74, 6) is -0.738. The van der Waals surface area contributed by atoms with Gasteiger partial charge in [-0.15, -0.1) is 0 Å². The Balaban J connectivity index is 3.69. The highest BCUT2D eigenvalue weighted by Crippen LogP contribution is 2.25. The molecular formula is C12H25NO3. The molecule has 16 heavy (non-hydrogen) atoms. The Morgan fingerprint density at radius 1 is 1.19 bits per heavy atom. The first-order valence-electron chi connectivity index (χ1n) is 5.77. The second-order valence-corrected chi connectivity index (χ2v) is 5.80. The summed E-state index contributed by atoms with van der Waals surface area (Å²) in [6, 6.07) is 0. The number of nitrogens with one attached hydrogen (secondary N) is 1. The molecule has 0 aliphatic rings. The third-order valence-electron chi connectivity index (χ3n) is 2.55. The maximum absolute atomic E-state index is 10.5. The van der Waals surface area contributed by atoms with Gasteiger partial charge in [-0.3, -0.25) is 4.79 Å². The van der Waals surface area contributed by atoms with Gasteiger partial charge in [0, 0.05) is 13.0 Å². The van der Waals surface area contributed by atoms with E-state index in [1.807, 2.05) is 0 Å². The molecule has 0 aliphatic carbocycles. The van der Waals surface area contributed by atoms with Gasteiger partial charge in [0.2, 0.25) is 0 Å². The highest BCUT2D eigenvalue weighted by molar-refractivity contribution is 5.66. The molecule has 96 valence electrons. The van der Waals surface area contributed by atoms with Gasteiger partial charge in [0.05, 0.1) is 5.60 Å². The van der Waals surface area contributed by atoms with Crippen LogP contribution >= 0.6 is 0 Å². The number of carbonyl (C=O) groups is 1. The Bertz CT molecular complexity index is 219. The van der Waals surface area contributed by atoms with Crippen LogP contribution in [0.2, 0.25) is 0 Å². The van der Waals surface area contributed by atoms with Gasteiger partial charge in [-0.05, 0) is 38.6 Å². The molecule has 3 N–H and O–H groups in total. The molecule has 0 aromatic carbocycles. The largest absolute Gasteiger partial charge is 0.481 e. The van der Waals surface area contributed by atoms with Crippen LogP contribution in [0, 0.1) is 5.41 Å². The van der Waals surface area contributed by atoms with Gasteiger partial charge in [0.25, 0.3) is 0 Å². The molecule has 0 heterocycles. The summed E-state index contributed by atoms with van der Waals surface area (Å²) < 4.78 is 0. The fourth-order valence-corrected chi connectivity index (χ4v) is 1.39. The Labute approximate surface area is 98.1 Å². The number of hydrogen-bond acceptors (Lipinski definition) is 3. The van der Waals surface area contributed by atoms with E-state index in [0.29, 0.717) is 13.0 Å². The number of hydrogen-bond donors (Lipinski definition) is 3. The van der Waals surface area contributed by atoms with Crippen LogP contribution in [-0.2, 0) is 4.79 Å². The summed E-state index contributed by atoms with van der Waals surface area (Å²) in [4.78, 5) is 10.5. The van der Waals surface area contributed by atoms with Crippen LogP contribution in [0.15, 0.2) is 0 Å². The number of carboxylic acid groups (broad SMARTS) is 1. The third-order valence-corrected chi connectivity index (χ3v) is 2.55. The van der Waals surface area contributed by atoms with E-state index < -0.39 is 11.6 Å². The van der Waals surface area contributed by atoms with Crippen LogP contribution in [0.4, 0.5) is 0 Å². The highest BCUT2D eigenvalue weighted by Gasteiger charge is 2.19. The summed E-state index contributed by atoms with van der Waals surface area (Å²) in [6.07, 6.45) is 1.82. The fourth-order valence-electron chi connectivity index (χ4n) is 1.39. The van der Waals surface area contributed by atoms with E-state index in [1.165, 1.54) is 0 Å². The maximum atomic E-state index is 10.5. The Hall–Kier alpha value is -0.610. The van der Waals surface area contributed by atoms with Crippen molar-refractivity contribution in [2.24, 2.45) is 5.41 Å². The smallest absolute Gasteiger partial charge is 0.303 e. The van der Waals surface area contributed by atoms with Gasteiger partial charge in [-0.2, -0.15) is 0 Å². The molecule has 0 saturated carbocycles. The van der Waals surface area contributed by atoms with Crippen molar-refractivity contribution in [1.82, 2.24) is 5.32 Å². The van der Waals surface area contributed by atoms with Gasteiger partial charge in [0.15, 0.2) is 0 Å². The standard InChI is InChI=1S/C12H25NO3/c1-11(2,6-5-10(14)15)7-8-13-9-12(3,4)16/h13,16H,5-9H2,1-4H3,(H,14,15). The minimum absolute atomic E-state index is 0.0327. The van der Waals surface area contributed by atoms with Crippen molar-refractivity contribution in [1.29, 1.82) is 0 Å². The predicted molar refractivity (Wildman–Crippen MR) is 64.4 cm³/mol. The number of rotatable bonds is 8. The minimum atomic E-state index is -0.738. The number of carboxylic acids is 1. The molecule has 0 spiro atoms. The lowest BCUT2D eigenvalue weighted by Crippen LogP contribution is -2.36. The van der Waals surface area contributed by atoms with Crippen LogP contribution in [-0.4, -0.2) is 34.9 Å². The summed E-state index contributed by atoms with van der Waals surface area (Å²) in [5, 5.41) is 21.3. The molecule has 4 nitrogen and oxygen atoms in total. The van der Waals surface area contributed by atoms with E-state index in [-0.39, 0.29) is 11.8 Å². The number of aliphatic carboxylic acids is 1. The molecule has 0 radical (unpaired) electrons. The SMILES string of the molecule is CC(C)(O)CNCCC(C)(C)CCC(=O)O. The highest BCUT2D eigenvalue weighted by atomic mass is 16.4. The molecule has 0 unspecified atom stereocenters. The Morgan fingerprint density at radius 2 is 1.75 bits per heavy atom. The van der Waals surface area contributed by atoms with E-state index in [0.717, 1.165) is 13.0 Å². The lowest BCUT2D eigenvalue weighted by molar-refractivity contribution is -0.137. The minimum Gasteiger partial charge on any atom is -0.481 e. The summed E-state index contributed by atoms with van der Waals surface area (Å²) in [7, 11) is 0. The van der Waals surface area contributed by atoms with Gasteiger partial charge >= 0.3 is 5.97 Å². The molecule has 0 fully saturated rings. The van der Waals surface area contributed by atoms with Crippen LogP contribution in [0.1, 0.15) is 47.0 Å². The van der Waals surface area contributed by atoms with Crippen LogP contribution in [0.5, 0.6) is 0 Å². The Kier molecular flexibility index (Phi) is 5.97. The van der Waals surface area contributed by atoms with Crippen LogP contribution in [0.25, 0.3) is 0 Å². The zero-order chi connectivity index (χ0) is 12.8. The summed E-state index contributed by atoms with van der Waals surface area (Å²) >= 11 is 0. The second kappa shape index (κ2) is 6.21. The van der Waals surface area contributed by atoms with Crippen molar-refractivity contribution < 1.29 is 15.0 Å². The second-order valence-electron chi connectivity index (χ2n) is 5.80. The van der Waals surface area contributed by atoms with E-state index in [1.54, 1.807) is 13.8 Å². The normalized spacial score (nSPS) is 12.8. The fraction of sp³-hybridized carbons (Fsp3) is 0.917. The predicted octanol–water partition coefficient (Wildman–Crippen LogP) is 1.63. The van der Waals surface area contributed by atoms with Gasteiger partial charge < -0.3 is 15.5 Å². The quantitative estimate of drug-likeness (QED) is 0.555. The number of aliphatic hydroxyl groups is 1. The first-order valence-corrected chi connectivity index (χ1v) is 5.77. The zero-order valence-corrected chi connectivity index (χ0v) is 10.8. The van der Waals surface area contributed by atoms with E-state index in [4.69, 9.17) is 5.11 Å². The molecule has 4 heteroatoms. The molecule has 0 bridgehead atoms. The van der Waals surface area contributed by atoms with Crippen molar-refractivity contribution in [3.8, 4) is 0 Å². The molecule has 0 saturated heterocycles. The molecule has 0 aromatic heterocycles. The van der Waals surface area contributed by atoms with Crippen LogP contribution < -0.4 is 5.32 Å². The van der Waals surface area contributed by atoms with Gasteiger partial charge in [-0.1, -0.05) is 13.8 Å². The van der Waals surface area contributed by atoms with Crippen LogP contribution in [0.3, 0.4) is 0 Å². The molecular weight excluding hydrogens is 206 g/mol. The van der Waals surface area contributed by atoms with Crippen molar-refractivity contribution in [3.05, 3.63) is 0 Å². The Morgan fingerprint density at radius 3 is 2.19 bits per heavy atom. The van der Waals surface area contributed by atoms with Crippen molar-refractivity contribution in [2.45, 2.75) is 52.6 Å². The molecule has 0 rings (SSSR count). The molecule has 0 aliphatic heterocycles. The summed E-state index contributed by atoms with van der Waals surface area (Å²) in [5.41, 5.74) is -0.657. The third kappa shape index (κ3) is 9.93. The van der Waals surface area contributed by atoms with E-state index in [9.17, 15) is 9.90 Å². The van der Waals surface area contributed by atoms with E-state index >= 15 is 0 Å². The molecule has 0 amide bonds. The van der Waals surface area contributed by atoms with Gasteiger partial charge in [0.1, 0.15) is 0 Å². The summed E-state index contributed by atoms with van der Waals surface area (Å²) in [6.45, 7) is 9.02. The van der Waals surface area contributed by atoms with Crippen molar-refractivity contribution in [3.63, 3.8) is 0 Å². The zero-order valence-electron chi connectivity index (χ0n) is 10.8. The lowest BCUT2D eigenvalue weighted by Gasteiger charge is -2.25. The topological polar surface area (TPSA) is 69.6 Å².